The molecule has 1 heterocycles. The van der Waals surface area contributed by atoms with Crippen molar-refractivity contribution >= 4 is 34.6 Å². The van der Waals surface area contributed by atoms with Crippen LogP contribution in [0.5, 0.6) is 0 Å². The summed E-state index contributed by atoms with van der Waals surface area (Å²) in [5.41, 5.74) is 0.328. The maximum absolute atomic E-state index is 11.1. The van der Waals surface area contributed by atoms with Gasteiger partial charge in [-0.15, -0.1) is 0 Å². The standard InChI is InChI=1S/C13H11N3O6/c17-10(18)4-9(13(21)22)16-11-7-2-1-6(12(19)20)3-8(7)14-5-15-11/h1-3,5,9H,4H2,(H,17,18)(H,19,20)(H,21,22)(H,14,15,16). The van der Waals surface area contributed by atoms with E-state index in [1.54, 1.807) is 0 Å². The summed E-state index contributed by atoms with van der Waals surface area (Å²) in [4.78, 5) is 40.5. The van der Waals surface area contributed by atoms with Gasteiger partial charge in [-0.05, 0) is 18.2 Å². The summed E-state index contributed by atoms with van der Waals surface area (Å²) < 4.78 is 0. The predicted molar refractivity (Wildman–Crippen MR) is 73.8 cm³/mol. The molecule has 2 aromatic rings. The summed E-state index contributed by atoms with van der Waals surface area (Å²) in [5, 5.41) is 29.6. The Bertz CT molecular complexity index is 761. The molecular weight excluding hydrogens is 294 g/mol. The summed E-state index contributed by atoms with van der Waals surface area (Å²) in [5.74, 6) is -3.61. The van der Waals surface area contributed by atoms with E-state index in [0.717, 1.165) is 6.33 Å². The monoisotopic (exact) mass is 305 g/mol. The second-order valence-electron chi connectivity index (χ2n) is 4.39. The number of benzene rings is 1. The van der Waals surface area contributed by atoms with Gasteiger partial charge >= 0.3 is 17.9 Å². The summed E-state index contributed by atoms with van der Waals surface area (Å²) in [6.45, 7) is 0. The van der Waals surface area contributed by atoms with Gasteiger partial charge in [-0.2, -0.15) is 0 Å². The number of nitrogens with one attached hydrogen (secondary N) is 1. The van der Waals surface area contributed by atoms with Crippen molar-refractivity contribution < 1.29 is 29.7 Å². The van der Waals surface area contributed by atoms with Crippen LogP contribution in [0.2, 0.25) is 0 Å². The molecule has 1 aromatic carbocycles. The number of carbonyl (C=O) groups is 3. The molecule has 1 unspecified atom stereocenters. The zero-order valence-corrected chi connectivity index (χ0v) is 11.1. The number of hydrogen-bond acceptors (Lipinski definition) is 6. The molecular formula is C13H11N3O6. The highest BCUT2D eigenvalue weighted by atomic mass is 16.4. The molecule has 0 aliphatic heterocycles. The number of fused-ring (bicyclic) bond motifs is 1. The lowest BCUT2D eigenvalue weighted by atomic mass is 10.1. The minimum Gasteiger partial charge on any atom is -0.481 e. The third-order valence-corrected chi connectivity index (χ3v) is 2.87. The van der Waals surface area contributed by atoms with E-state index in [1.807, 2.05) is 0 Å². The van der Waals surface area contributed by atoms with Crippen LogP contribution in [0.3, 0.4) is 0 Å². The van der Waals surface area contributed by atoms with Gasteiger partial charge in [0.1, 0.15) is 18.2 Å². The summed E-state index contributed by atoms with van der Waals surface area (Å²) in [6, 6.07) is 2.71. The lowest BCUT2D eigenvalue weighted by Crippen LogP contribution is -2.32. The first kappa shape index (κ1) is 15.2. The van der Waals surface area contributed by atoms with Crippen molar-refractivity contribution in [2.24, 2.45) is 0 Å². The molecule has 4 N–H and O–H groups in total. The average Bonchev–Trinajstić information content (AvgIpc) is 2.45. The number of nitrogens with zero attached hydrogens (tertiary/aromatic N) is 2. The van der Waals surface area contributed by atoms with Gasteiger partial charge in [0.05, 0.1) is 17.5 Å². The largest absolute Gasteiger partial charge is 0.481 e. The van der Waals surface area contributed by atoms with E-state index in [4.69, 9.17) is 15.3 Å². The quantitative estimate of drug-likeness (QED) is 0.603. The zero-order valence-electron chi connectivity index (χ0n) is 11.1. The molecule has 0 aliphatic carbocycles. The smallest absolute Gasteiger partial charge is 0.335 e. The molecule has 114 valence electrons. The van der Waals surface area contributed by atoms with Crippen LogP contribution in [-0.2, 0) is 9.59 Å². The van der Waals surface area contributed by atoms with Crippen molar-refractivity contribution in [3.8, 4) is 0 Å². The molecule has 1 atom stereocenters. The minimum absolute atomic E-state index is 0.0254. The zero-order chi connectivity index (χ0) is 16.3. The Morgan fingerprint density at radius 2 is 1.86 bits per heavy atom. The Kier molecular flexibility index (Phi) is 4.16. The maximum Gasteiger partial charge on any atom is 0.335 e. The molecule has 2 rings (SSSR count). The number of aromatic nitrogens is 2. The third kappa shape index (κ3) is 3.26. The molecule has 0 fully saturated rings. The fourth-order valence-electron chi connectivity index (χ4n) is 1.84. The predicted octanol–water partition coefficient (Wildman–Crippen LogP) is 0.668. The summed E-state index contributed by atoms with van der Waals surface area (Å²) in [6.07, 6.45) is 0.504. The SMILES string of the molecule is O=C(O)CC(Nc1ncnc2cc(C(=O)O)ccc12)C(=O)O. The number of carboxylic acids is 3. The Morgan fingerprint density at radius 3 is 2.45 bits per heavy atom. The first-order valence-corrected chi connectivity index (χ1v) is 6.07. The van der Waals surface area contributed by atoms with E-state index < -0.39 is 30.4 Å². The molecule has 9 heteroatoms. The van der Waals surface area contributed by atoms with Gasteiger partial charge in [-0.1, -0.05) is 0 Å². The van der Waals surface area contributed by atoms with Crippen molar-refractivity contribution in [2.45, 2.75) is 12.5 Å². The van der Waals surface area contributed by atoms with Gasteiger partial charge in [0, 0.05) is 5.39 Å². The molecule has 0 saturated heterocycles. The van der Waals surface area contributed by atoms with Crippen molar-refractivity contribution in [3.63, 3.8) is 0 Å². The Morgan fingerprint density at radius 1 is 1.14 bits per heavy atom. The van der Waals surface area contributed by atoms with Gasteiger partial charge in [0.25, 0.3) is 0 Å². The maximum atomic E-state index is 11.1. The lowest BCUT2D eigenvalue weighted by Gasteiger charge is -2.14. The Hall–Kier alpha value is -3.23. The van der Waals surface area contributed by atoms with Gasteiger partial charge in [0.15, 0.2) is 0 Å². The van der Waals surface area contributed by atoms with E-state index in [-0.39, 0.29) is 11.4 Å². The molecule has 1 aromatic heterocycles. The van der Waals surface area contributed by atoms with Gasteiger partial charge in [0.2, 0.25) is 0 Å². The highest BCUT2D eigenvalue weighted by Gasteiger charge is 2.22. The molecule has 9 nitrogen and oxygen atoms in total. The van der Waals surface area contributed by atoms with Gasteiger partial charge < -0.3 is 20.6 Å². The summed E-state index contributed by atoms with van der Waals surface area (Å²) >= 11 is 0. The van der Waals surface area contributed by atoms with E-state index in [2.05, 4.69) is 15.3 Å². The second-order valence-corrected chi connectivity index (χ2v) is 4.39. The highest BCUT2D eigenvalue weighted by molar-refractivity contribution is 5.97. The minimum atomic E-state index is -1.37. The van der Waals surface area contributed by atoms with E-state index in [9.17, 15) is 14.4 Å². The first-order valence-electron chi connectivity index (χ1n) is 6.07. The van der Waals surface area contributed by atoms with Crippen molar-refractivity contribution in [2.75, 3.05) is 5.32 Å². The van der Waals surface area contributed by atoms with E-state index in [1.165, 1.54) is 18.2 Å². The van der Waals surface area contributed by atoms with E-state index >= 15 is 0 Å². The first-order chi connectivity index (χ1) is 10.4. The lowest BCUT2D eigenvalue weighted by molar-refractivity contribution is -0.144. The Balaban J connectivity index is 2.40. The molecule has 0 aliphatic rings. The van der Waals surface area contributed by atoms with Crippen LogP contribution in [0, 0.1) is 0 Å². The Labute approximate surface area is 123 Å². The molecule has 0 spiro atoms. The fraction of sp³-hybridized carbons (Fsp3) is 0.154. The second kappa shape index (κ2) is 6.04. The fourth-order valence-corrected chi connectivity index (χ4v) is 1.84. The topological polar surface area (TPSA) is 150 Å². The van der Waals surface area contributed by atoms with Crippen LogP contribution >= 0.6 is 0 Å². The number of aromatic carboxylic acids is 1. The van der Waals surface area contributed by atoms with Crippen molar-refractivity contribution in [1.29, 1.82) is 0 Å². The normalized spacial score (nSPS) is 11.8. The number of carboxylic acid groups (broad SMARTS) is 3. The van der Waals surface area contributed by atoms with Gasteiger partial charge in [-0.25, -0.2) is 19.6 Å². The number of hydrogen-bond donors (Lipinski definition) is 4. The molecule has 0 radical (unpaired) electrons. The van der Waals surface area contributed by atoms with Crippen LogP contribution in [0.15, 0.2) is 24.5 Å². The number of rotatable bonds is 6. The molecule has 0 bridgehead atoms. The van der Waals surface area contributed by atoms with Crippen molar-refractivity contribution in [3.05, 3.63) is 30.1 Å². The molecule has 0 saturated carbocycles. The number of aliphatic carboxylic acids is 2. The van der Waals surface area contributed by atoms with Crippen LogP contribution in [-0.4, -0.2) is 49.2 Å². The average molecular weight is 305 g/mol. The van der Waals surface area contributed by atoms with Crippen LogP contribution in [0.1, 0.15) is 16.8 Å². The van der Waals surface area contributed by atoms with Crippen LogP contribution < -0.4 is 5.32 Å². The summed E-state index contributed by atoms with van der Waals surface area (Å²) in [7, 11) is 0. The van der Waals surface area contributed by atoms with Crippen LogP contribution in [0.25, 0.3) is 10.9 Å². The number of anilines is 1. The van der Waals surface area contributed by atoms with Crippen LogP contribution in [0.4, 0.5) is 5.82 Å². The van der Waals surface area contributed by atoms with E-state index in [0.29, 0.717) is 10.9 Å². The van der Waals surface area contributed by atoms with Crippen molar-refractivity contribution in [1.82, 2.24) is 9.97 Å². The molecule has 0 amide bonds. The van der Waals surface area contributed by atoms with Gasteiger partial charge in [-0.3, -0.25) is 4.79 Å². The third-order valence-electron chi connectivity index (χ3n) is 2.87. The molecule has 22 heavy (non-hydrogen) atoms. The highest BCUT2D eigenvalue weighted by Crippen LogP contribution is 2.21.